The van der Waals surface area contributed by atoms with Crippen molar-refractivity contribution in [2.45, 2.75) is 0 Å². The highest BCUT2D eigenvalue weighted by atomic mass is 79.9. The van der Waals surface area contributed by atoms with Gasteiger partial charge in [0.05, 0.1) is 27.4 Å². The summed E-state index contributed by atoms with van der Waals surface area (Å²) in [5, 5.41) is 0. The number of hydrogen-bond acceptors (Lipinski definition) is 3. The molecule has 0 atom stereocenters. The number of rotatable bonds is 5. The van der Waals surface area contributed by atoms with E-state index < -0.39 is 10.0 Å². The van der Waals surface area contributed by atoms with E-state index in [1.165, 1.54) is 6.07 Å². The molecule has 3 aromatic carbocycles. The van der Waals surface area contributed by atoms with E-state index in [9.17, 15) is 12.8 Å². The lowest BCUT2D eigenvalue weighted by molar-refractivity contribution is 0.607. The van der Waals surface area contributed by atoms with Gasteiger partial charge in [0.25, 0.3) is 0 Å². The fourth-order valence-electron chi connectivity index (χ4n) is 3.09. The lowest BCUT2D eigenvalue weighted by atomic mass is 10.0. The second kappa shape index (κ2) is 8.04. The van der Waals surface area contributed by atoms with Gasteiger partial charge in [0.1, 0.15) is 11.6 Å². The third kappa shape index (κ3) is 4.60. The van der Waals surface area contributed by atoms with Crippen molar-refractivity contribution in [2.75, 3.05) is 11.0 Å². The van der Waals surface area contributed by atoms with Crippen LogP contribution in [0, 0.1) is 5.82 Å². The first-order valence-corrected chi connectivity index (χ1v) is 11.7. The van der Waals surface area contributed by atoms with E-state index in [1.807, 2.05) is 42.5 Å². The molecule has 0 aliphatic carbocycles. The number of aromatic amines is 1. The topological polar surface area (TPSA) is 74.8 Å². The molecular formula is C22H17BrFN3O2S. The van der Waals surface area contributed by atoms with Crippen molar-refractivity contribution in [3.8, 4) is 11.1 Å². The van der Waals surface area contributed by atoms with Crippen LogP contribution >= 0.6 is 15.9 Å². The minimum absolute atomic E-state index is 0.311. The van der Waals surface area contributed by atoms with E-state index >= 15 is 0 Å². The number of para-hydroxylation sites is 1. The van der Waals surface area contributed by atoms with Gasteiger partial charge in [0.15, 0.2) is 0 Å². The van der Waals surface area contributed by atoms with Crippen LogP contribution in [-0.2, 0) is 10.0 Å². The first-order chi connectivity index (χ1) is 14.3. The number of nitrogens with one attached hydrogen (secondary N) is 2. The highest BCUT2D eigenvalue weighted by molar-refractivity contribution is 9.10. The van der Waals surface area contributed by atoms with Gasteiger partial charge in [0.2, 0.25) is 10.0 Å². The molecule has 0 bridgehead atoms. The van der Waals surface area contributed by atoms with Crippen LogP contribution in [0.3, 0.4) is 0 Å². The van der Waals surface area contributed by atoms with Crippen molar-refractivity contribution in [1.29, 1.82) is 0 Å². The Morgan fingerprint density at radius 1 is 1.07 bits per heavy atom. The van der Waals surface area contributed by atoms with Crippen molar-refractivity contribution in [3.63, 3.8) is 0 Å². The largest absolute Gasteiger partial charge is 0.338 e. The van der Waals surface area contributed by atoms with Gasteiger partial charge in [-0.2, -0.15) is 0 Å². The van der Waals surface area contributed by atoms with E-state index in [4.69, 9.17) is 0 Å². The van der Waals surface area contributed by atoms with Crippen molar-refractivity contribution >= 4 is 54.8 Å². The summed E-state index contributed by atoms with van der Waals surface area (Å²) in [5.41, 5.74) is 4.59. The molecule has 4 aromatic rings. The van der Waals surface area contributed by atoms with E-state index in [1.54, 1.807) is 24.3 Å². The molecule has 0 unspecified atom stereocenters. The highest BCUT2D eigenvalue weighted by Gasteiger charge is 2.10. The fourth-order valence-corrected chi connectivity index (χ4v) is 4.06. The summed E-state index contributed by atoms with van der Waals surface area (Å²) in [6, 6.07) is 17.7. The van der Waals surface area contributed by atoms with Gasteiger partial charge in [-0.05, 0) is 63.5 Å². The minimum atomic E-state index is -3.39. The third-order valence-corrected chi connectivity index (χ3v) is 5.61. The molecule has 152 valence electrons. The Kier molecular flexibility index (Phi) is 5.44. The lowest BCUT2D eigenvalue weighted by Gasteiger charge is -2.10. The number of H-pyrrole nitrogens is 1. The number of halogens is 2. The van der Waals surface area contributed by atoms with Crippen LogP contribution in [0.5, 0.6) is 0 Å². The van der Waals surface area contributed by atoms with Gasteiger partial charge >= 0.3 is 0 Å². The van der Waals surface area contributed by atoms with Crippen LogP contribution in [0.1, 0.15) is 11.4 Å². The average molecular weight is 486 g/mol. The fraction of sp³-hybridized carbons (Fsp3) is 0.0455. The summed E-state index contributed by atoms with van der Waals surface area (Å²) in [6.07, 6.45) is 4.78. The summed E-state index contributed by atoms with van der Waals surface area (Å²) in [6.45, 7) is 0. The Hall–Kier alpha value is -2.97. The Morgan fingerprint density at radius 3 is 2.63 bits per heavy atom. The van der Waals surface area contributed by atoms with E-state index in [0.29, 0.717) is 16.0 Å². The Balaban J connectivity index is 1.67. The number of imidazole rings is 1. The standard InChI is InChI=1S/C22H17BrFN3O2S/c1-30(28,29)27-19-5-3-2-4-16(19)15-8-10-20-21(13-15)26-22(25-20)11-7-14-6-9-18(24)17(23)12-14/h2-13,27H,1H3,(H,25,26). The van der Waals surface area contributed by atoms with Crippen LogP contribution in [-0.4, -0.2) is 24.6 Å². The third-order valence-electron chi connectivity index (χ3n) is 4.41. The molecule has 1 aromatic heterocycles. The van der Waals surface area contributed by atoms with Gasteiger partial charge < -0.3 is 4.98 Å². The summed E-state index contributed by atoms with van der Waals surface area (Å²) in [5.74, 6) is 0.346. The average Bonchev–Trinajstić information content (AvgIpc) is 3.10. The number of benzene rings is 3. The van der Waals surface area contributed by atoms with Gasteiger partial charge in [-0.1, -0.05) is 36.4 Å². The van der Waals surface area contributed by atoms with Crippen molar-refractivity contribution in [2.24, 2.45) is 0 Å². The van der Waals surface area contributed by atoms with Gasteiger partial charge in [0, 0.05) is 5.56 Å². The smallest absolute Gasteiger partial charge is 0.229 e. The lowest BCUT2D eigenvalue weighted by Crippen LogP contribution is -2.10. The van der Waals surface area contributed by atoms with Gasteiger partial charge in [-0.25, -0.2) is 17.8 Å². The molecule has 0 aliphatic heterocycles. The molecule has 0 saturated carbocycles. The maximum absolute atomic E-state index is 13.4. The number of fused-ring (bicyclic) bond motifs is 1. The maximum atomic E-state index is 13.4. The second-order valence-corrected chi connectivity index (χ2v) is 9.38. The molecule has 0 fully saturated rings. The minimum Gasteiger partial charge on any atom is -0.338 e. The summed E-state index contributed by atoms with van der Waals surface area (Å²) < 4.78 is 39.7. The number of sulfonamides is 1. The monoisotopic (exact) mass is 485 g/mol. The molecule has 5 nitrogen and oxygen atoms in total. The van der Waals surface area contributed by atoms with Gasteiger partial charge in [-0.15, -0.1) is 0 Å². The predicted molar refractivity (Wildman–Crippen MR) is 123 cm³/mol. The Labute approximate surface area is 181 Å². The molecule has 0 radical (unpaired) electrons. The van der Waals surface area contributed by atoms with Gasteiger partial charge in [-0.3, -0.25) is 4.72 Å². The number of aromatic nitrogens is 2. The number of hydrogen-bond donors (Lipinski definition) is 2. The van der Waals surface area contributed by atoms with Crippen molar-refractivity contribution in [1.82, 2.24) is 9.97 Å². The molecule has 2 N–H and O–H groups in total. The molecule has 1 heterocycles. The summed E-state index contributed by atoms with van der Waals surface area (Å²) in [7, 11) is -3.39. The van der Waals surface area contributed by atoms with Crippen molar-refractivity contribution < 1.29 is 12.8 Å². The normalized spacial score (nSPS) is 12.0. The molecule has 0 saturated heterocycles. The second-order valence-electron chi connectivity index (χ2n) is 6.78. The SMILES string of the molecule is CS(=O)(=O)Nc1ccccc1-c1ccc2nc(C=Cc3ccc(F)c(Br)c3)[nH]c2c1. The zero-order valence-corrected chi connectivity index (χ0v) is 18.3. The van der Waals surface area contributed by atoms with E-state index in [0.717, 1.165) is 34.0 Å². The molecule has 30 heavy (non-hydrogen) atoms. The van der Waals surface area contributed by atoms with Crippen LogP contribution in [0.2, 0.25) is 0 Å². The highest BCUT2D eigenvalue weighted by Crippen LogP contribution is 2.30. The molecule has 8 heteroatoms. The number of nitrogens with zero attached hydrogens (tertiary/aromatic N) is 1. The molecular weight excluding hydrogens is 469 g/mol. The molecule has 0 aliphatic rings. The summed E-state index contributed by atoms with van der Waals surface area (Å²) in [4.78, 5) is 7.79. The van der Waals surface area contributed by atoms with E-state index in [-0.39, 0.29) is 5.82 Å². The zero-order chi connectivity index (χ0) is 21.3. The maximum Gasteiger partial charge on any atom is 0.229 e. The van der Waals surface area contributed by atoms with Crippen LogP contribution in [0.25, 0.3) is 34.3 Å². The molecule has 0 spiro atoms. The van der Waals surface area contributed by atoms with E-state index in [2.05, 4.69) is 30.6 Å². The first kappa shape index (κ1) is 20.3. The quantitative estimate of drug-likeness (QED) is 0.382. The summed E-state index contributed by atoms with van der Waals surface area (Å²) >= 11 is 3.18. The number of anilines is 1. The zero-order valence-electron chi connectivity index (χ0n) is 15.9. The van der Waals surface area contributed by atoms with Crippen molar-refractivity contribution in [3.05, 3.63) is 82.3 Å². The molecule has 0 amide bonds. The Bertz CT molecular complexity index is 1380. The Morgan fingerprint density at radius 2 is 1.87 bits per heavy atom. The molecule has 4 rings (SSSR count). The van der Waals surface area contributed by atoms with Crippen LogP contribution in [0.15, 0.2) is 65.1 Å². The van der Waals surface area contributed by atoms with Crippen LogP contribution < -0.4 is 4.72 Å². The predicted octanol–water partition coefficient (Wildman–Crippen LogP) is 5.67. The first-order valence-electron chi connectivity index (χ1n) is 8.98. The van der Waals surface area contributed by atoms with Crippen LogP contribution in [0.4, 0.5) is 10.1 Å².